The fourth-order valence-electron chi connectivity index (χ4n) is 1.59. The Morgan fingerprint density at radius 2 is 1.94 bits per heavy atom. The van der Waals surface area contributed by atoms with Gasteiger partial charge in [0.25, 0.3) is 0 Å². The molecule has 0 amide bonds. The molecule has 2 rings (SSSR count). The Labute approximate surface area is 116 Å². The predicted molar refractivity (Wildman–Crippen MR) is 73.4 cm³/mol. The van der Waals surface area contributed by atoms with Crippen molar-refractivity contribution in [1.29, 1.82) is 0 Å². The number of hydrogen-bond acceptors (Lipinski definition) is 3. The number of rotatable bonds is 3. The highest BCUT2D eigenvalue weighted by Crippen LogP contribution is 2.30. The Kier molecular flexibility index (Phi) is 4.04. The lowest BCUT2D eigenvalue weighted by Gasteiger charge is -2.07. The van der Waals surface area contributed by atoms with Crippen LogP contribution in [0.1, 0.15) is 12.7 Å². The van der Waals surface area contributed by atoms with Crippen molar-refractivity contribution in [2.75, 3.05) is 7.11 Å². The number of aromatic nitrogens is 2. The first-order valence-corrected chi connectivity index (χ1v) is 6.27. The Bertz CT molecular complexity index is 573. The van der Waals surface area contributed by atoms with Gasteiger partial charge in [-0.25, -0.2) is 9.97 Å². The van der Waals surface area contributed by atoms with Crippen molar-refractivity contribution in [2.45, 2.75) is 13.3 Å². The molecule has 0 N–H and O–H groups in total. The molecule has 1 aromatic carbocycles. The number of methoxy groups -OCH3 is 1. The zero-order valence-corrected chi connectivity index (χ0v) is 11.6. The second-order valence-electron chi connectivity index (χ2n) is 3.70. The fraction of sp³-hybridized carbons (Fsp3) is 0.231. The summed E-state index contributed by atoms with van der Waals surface area (Å²) in [5, 5.41) is 1.00. The largest absolute Gasteiger partial charge is 0.495 e. The Morgan fingerprint density at radius 1 is 1.17 bits per heavy atom. The van der Waals surface area contributed by atoms with Gasteiger partial charge in [-0.2, -0.15) is 0 Å². The lowest BCUT2D eigenvalue weighted by atomic mass is 10.1. The van der Waals surface area contributed by atoms with E-state index in [-0.39, 0.29) is 0 Å². The molecule has 1 heterocycles. The van der Waals surface area contributed by atoms with Gasteiger partial charge in [0.2, 0.25) is 0 Å². The van der Waals surface area contributed by atoms with Crippen LogP contribution in [0.25, 0.3) is 11.3 Å². The number of benzene rings is 1. The lowest BCUT2D eigenvalue weighted by molar-refractivity contribution is 0.415. The molecule has 0 fully saturated rings. The van der Waals surface area contributed by atoms with E-state index in [1.165, 1.54) is 0 Å². The summed E-state index contributed by atoms with van der Waals surface area (Å²) in [7, 11) is 1.58. The minimum Gasteiger partial charge on any atom is -0.495 e. The van der Waals surface area contributed by atoms with Gasteiger partial charge in [0.15, 0.2) is 0 Å². The van der Waals surface area contributed by atoms with Crippen LogP contribution < -0.4 is 4.74 Å². The van der Waals surface area contributed by atoms with Crippen LogP contribution in [0.2, 0.25) is 10.2 Å². The summed E-state index contributed by atoms with van der Waals surface area (Å²) < 4.78 is 5.19. The third-order valence-electron chi connectivity index (χ3n) is 2.50. The SMILES string of the molecule is CCc1nc(Cl)cc(-c2ccc(Cl)c(OC)c2)n1. The Hall–Kier alpha value is -1.32. The second kappa shape index (κ2) is 5.55. The Balaban J connectivity index is 2.51. The highest BCUT2D eigenvalue weighted by molar-refractivity contribution is 6.32. The van der Waals surface area contributed by atoms with Crippen molar-refractivity contribution in [2.24, 2.45) is 0 Å². The predicted octanol–water partition coefficient (Wildman–Crippen LogP) is 4.02. The van der Waals surface area contributed by atoms with Crippen molar-refractivity contribution in [3.05, 3.63) is 40.3 Å². The van der Waals surface area contributed by atoms with Crippen molar-refractivity contribution >= 4 is 23.2 Å². The molecule has 0 atom stereocenters. The quantitative estimate of drug-likeness (QED) is 0.798. The first kappa shape index (κ1) is 13.1. The summed E-state index contributed by atoms with van der Waals surface area (Å²) in [6.45, 7) is 1.98. The molecule has 0 aliphatic heterocycles. The molecule has 0 bridgehead atoms. The summed E-state index contributed by atoms with van der Waals surface area (Å²) in [6.07, 6.45) is 0.734. The number of hydrogen-bond donors (Lipinski definition) is 0. The highest BCUT2D eigenvalue weighted by atomic mass is 35.5. The van der Waals surface area contributed by atoms with Crippen LogP contribution in [0.5, 0.6) is 5.75 Å². The first-order valence-electron chi connectivity index (χ1n) is 5.51. The van der Waals surface area contributed by atoms with Gasteiger partial charge in [0.05, 0.1) is 17.8 Å². The van der Waals surface area contributed by atoms with E-state index in [1.807, 2.05) is 19.1 Å². The van der Waals surface area contributed by atoms with Gasteiger partial charge in [-0.3, -0.25) is 0 Å². The zero-order valence-electron chi connectivity index (χ0n) is 10.1. The number of halogens is 2. The maximum absolute atomic E-state index is 5.99. The molecule has 0 saturated carbocycles. The molecule has 2 aromatic rings. The maximum Gasteiger partial charge on any atom is 0.138 e. The molecule has 0 radical (unpaired) electrons. The highest BCUT2D eigenvalue weighted by Gasteiger charge is 2.08. The minimum atomic E-state index is 0.436. The second-order valence-corrected chi connectivity index (χ2v) is 4.49. The normalized spacial score (nSPS) is 10.4. The number of nitrogens with zero attached hydrogens (tertiary/aromatic N) is 2. The molecule has 0 unspecified atom stereocenters. The third-order valence-corrected chi connectivity index (χ3v) is 3.01. The van der Waals surface area contributed by atoms with Crippen LogP contribution >= 0.6 is 23.2 Å². The van der Waals surface area contributed by atoms with Gasteiger partial charge < -0.3 is 4.74 Å². The molecule has 0 saturated heterocycles. The van der Waals surface area contributed by atoms with Crippen molar-refractivity contribution in [3.63, 3.8) is 0 Å². The standard InChI is InChI=1S/C13H12Cl2N2O/c1-3-13-16-10(7-12(15)17-13)8-4-5-9(14)11(6-8)18-2/h4-7H,3H2,1-2H3. The third kappa shape index (κ3) is 2.74. The summed E-state index contributed by atoms with van der Waals surface area (Å²) in [4.78, 5) is 8.57. The van der Waals surface area contributed by atoms with Crippen LogP contribution in [0, 0.1) is 0 Å². The van der Waals surface area contributed by atoms with Crippen molar-refractivity contribution in [3.8, 4) is 17.0 Å². The fourth-order valence-corrected chi connectivity index (χ4v) is 1.99. The van der Waals surface area contributed by atoms with Gasteiger partial charge in [-0.1, -0.05) is 36.2 Å². The minimum absolute atomic E-state index is 0.436. The summed E-state index contributed by atoms with van der Waals surface area (Å²) in [5.41, 5.74) is 1.66. The van der Waals surface area contributed by atoms with E-state index >= 15 is 0 Å². The van der Waals surface area contributed by atoms with E-state index in [9.17, 15) is 0 Å². The molecular weight excluding hydrogens is 271 g/mol. The van der Waals surface area contributed by atoms with Crippen LogP contribution in [0.3, 0.4) is 0 Å². The average Bonchev–Trinajstić information content (AvgIpc) is 2.38. The van der Waals surface area contributed by atoms with Crippen LogP contribution in [0.4, 0.5) is 0 Å². The number of aryl methyl sites for hydroxylation is 1. The summed E-state index contributed by atoms with van der Waals surface area (Å²) in [5.74, 6) is 1.33. The molecule has 5 heteroatoms. The molecular formula is C13H12Cl2N2O. The molecule has 0 spiro atoms. The maximum atomic E-state index is 5.99. The van der Waals surface area contributed by atoms with Gasteiger partial charge in [-0.05, 0) is 12.1 Å². The van der Waals surface area contributed by atoms with Crippen LogP contribution in [-0.2, 0) is 6.42 Å². The van der Waals surface area contributed by atoms with Gasteiger partial charge in [-0.15, -0.1) is 0 Å². The summed E-state index contributed by atoms with van der Waals surface area (Å²) in [6, 6.07) is 7.21. The zero-order chi connectivity index (χ0) is 13.1. The van der Waals surface area contributed by atoms with Crippen molar-refractivity contribution in [1.82, 2.24) is 9.97 Å². The molecule has 1 aromatic heterocycles. The van der Waals surface area contributed by atoms with E-state index in [0.717, 1.165) is 17.7 Å². The van der Waals surface area contributed by atoms with Gasteiger partial charge in [0.1, 0.15) is 16.7 Å². The van der Waals surface area contributed by atoms with Crippen molar-refractivity contribution < 1.29 is 4.74 Å². The van der Waals surface area contributed by atoms with Crippen LogP contribution in [0.15, 0.2) is 24.3 Å². The first-order chi connectivity index (χ1) is 8.63. The van der Waals surface area contributed by atoms with Crippen LogP contribution in [-0.4, -0.2) is 17.1 Å². The van der Waals surface area contributed by atoms with E-state index in [0.29, 0.717) is 21.7 Å². The van der Waals surface area contributed by atoms with E-state index < -0.39 is 0 Å². The summed E-state index contributed by atoms with van der Waals surface area (Å²) >= 11 is 12.0. The van der Waals surface area contributed by atoms with Gasteiger partial charge >= 0.3 is 0 Å². The molecule has 0 aliphatic carbocycles. The van der Waals surface area contributed by atoms with E-state index in [2.05, 4.69) is 9.97 Å². The smallest absolute Gasteiger partial charge is 0.138 e. The molecule has 3 nitrogen and oxygen atoms in total. The van der Waals surface area contributed by atoms with E-state index in [4.69, 9.17) is 27.9 Å². The molecule has 94 valence electrons. The monoisotopic (exact) mass is 282 g/mol. The van der Waals surface area contributed by atoms with E-state index in [1.54, 1.807) is 19.2 Å². The van der Waals surface area contributed by atoms with Gasteiger partial charge in [0, 0.05) is 18.1 Å². The topological polar surface area (TPSA) is 35.0 Å². The Morgan fingerprint density at radius 3 is 2.61 bits per heavy atom. The average molecular weight is 283 g/mol. The molecule has 18 heavy (non-hydrogen) atoms. The molecule has 0 aliphatic rings. The lowest BCUT2D eigenvalue weighted by Crippen LogP contribution is -1.96. The number of ether oxygens (including phenoxy) is 1.